The molecule has 0 aromatic carbocycles. The molecule has 0 amide bonds. The summed E-state index contributed by atoms with van der Waals surface area (Å²) in [5, 5.41) is 12.7. The number of aliphatic hydroxyl groups is 1. The quantitative estimate of drug-likeness (QED) is 0.759. The number of esters is 1. The maximum absolute atomic E-state index is 12.3. The molecule has 0 aliphatic heterocycles. The van der Waals surface area contributed by atoms with E-state index < -0.39 is 33.3 Å². The van der Waals surface area contributed by atoms with Crippen LogP contribution in [0.15, 0.2) is 16.8 Å². The third-order valence-electron chi connectivity index (χ3n) is 3.76. The Bertz CT molecular complexity index is 569. The highest BCUT2D eigenvalue weighted by Gasteiger charge is 2.42. The van der Waals surface area contributed by atoms with Crippen molar-refractivity contribution < 1.29 is 23.1 Å². The molecule has 1 aliphatic rings. The average molecular weight is 333 g/mol. The van der Waals surface area contributed by atoms with Crippen LogP contribution in [0, 0.1) is 5.92 Å². The van der Waals surface area contributed by atoms with Crippen LogP contribution in [-0.2, 0) is 19.6 Å². The van der Waals surface area contributed by atoms with Crippen molar-refractivity contribution in [3.63, 3.8) is 0 Å². The molecule has 6 nitrogen and oxygen atoms in total. The number of carbonyl (C=O) groups is 1. The number of methoxy groups -OCH3 is 1. The van der Waals surface area contributed by atoms with E-state index in [1.165, 1.54) is 18.4 Å². The normalized spacial score (nSPS) is 23.9. The van der Waals surface area contributed by atoms with E-state index in [1.54, 1.807) is 11.4 Å². The summed E-state index contributed by atoms with van der Waals surface area (Å²) in [6, 6.07) is 1.75. The molecule has 3 unspecified atom stereocenters. The summed E-state index contributed by atoms with van der Waals surface area (Å²) < 4.78 is 31.7. The molecule has 1 fully saturated rings. The van der Waals surface area contributed by atoms with Crippen LogP contribution in [0.4, 0.5) is 0 Å². The van der Waals surface area contributed by atoms with Crippen LogP contribution in [0.25, 0.3) is 0 Å². The van der Waals surface area contributed by atoms with Gasteiger partial charge in [-0.2, -0.15) is 11.3 Å². The molecule has 1 heterocycles. The molecule has 1 aliphatic carbocycles. The average Bonchev–Trinajstić information content (AvgIpc) is 3.14. The fraction of sp³-hybridized carbons (Fsp3) is 0.615. The van der Waals surface area contributed by atoms with Gasteiger partial charge in [-0.15, -0.1) is 0 Å². The fourth-order valence-corrected chi connectivity index (χ4v) is 5.07. The standard InChI is InChI=1S/C13H19NO5S2/c1-19-13(16)10-3-2-4-12(10)21(17,18)14-7-11(15)9-5-6-20-8-9/h5-6,8,10-12,14-15H,2-4,7H2,1H3. The maximum atomic E-state index is 12.3. The first-order chi connectivity index (χ1) is 9.95. The lowest BCUT2D eigenvalue weighted by molar-refractivity contribution is -0.145. The number of hydrogen-bond donors (Lipinski definition) is 2. The van der Waals surface area contributed by atoms with Crippen LogP contribution in [0.5, 0.6) is 0 Å². The van der Waals surface area contributed by atoms with Crippen molar-refractivity contribution in [1.82, 2.24) is 4.72 Å². The minimum Gasteiger partial charge on any atom is -0.469 e. The van der Waals surface area contributed by atoms with Gasteiger partial charge in [-0.05, 0) is 35.2 Å². The molecule has 0 saturated heterocycles. The van der Waals surface area contributed by atoms with Crippen LogP contribution in [-0.4, -0.2) is 38.4 Å². The van der Waals surface area contributed by atoms with Crippen LogP contribution in [0.2, 0.25) is 0 Å². The lowest BCUT2D eigenvalue weighted by atomic mass is 10.1. The molecule has 0 spiro atoms. The second kappa shape index (κ2) is 6.87. The van der Waals surface area contributed by atoms with Gasteiger partial charge in [0.05, 0.1) is 24.4 Å². The molecular formula is C13H19NO5S2. The number of ether oxygens (including phenoxy) is 1. The van der Waals surface area contributed by atoms with E-state index in [4.69, 9.17) is 0 Å². The van der Waals surface area contributed by atoms with Gasteiger partial charge in [-0.3, -0.25) is 4.79 Å². The summed E-state index contributed by atoms with van der Waals surface area (Å²) >= 11 is 1.44. The summed E-state index contributed by atoms with van der Waals surface area (Å²) in [6.45, 7) is -0.0938. The number of rotatable bonds is 6. The van der Waals surface area contributed by atoms with Gasteiger partial charge in [0.25, 0.3) is 0 Å². The van der Waals surface area contributed by atoms with E-state index in [1.807, 2.05) is 5.38 Å². The highest BCUT2D eigenvalue weighted by molar-refractivity contribution is 7.90. The third kappa shape index (κ3) is 3.82. The number of sulfonamides is 1. The zero-order valence-corrected chi connectivity index (χ0v) is 13.3. The molecule has 118 valence electrons. The Labute approximate surface area is 128 Å². The van der Waals surface area contributed by atoms with Crippen LogP contribution < -0.4 is 4.72 Å². The van der Waals surface area contributed by atoms with Crippen LogP contribution in [0.3, 0.4) is 0 Å². The smallest absolute Gasteiger partial charge is 0.310 e. The molecule has 2 rings (SSSR count). The van der Waals surface area contributed by atoms with E-state index >= 15 is 0 Å². The van der Waals surface area contributed by atoms with Crippen LogP contribution in [0.1, 0.15) is 30.9 Å². The van der Waals surface area contributed by atoms with Gasteiger partial charge in [0, 0.05) is 6.54 Å². The highest BCUT2D eigenvalue weighted by Crippen LogP contribution is 2.31. The molecule has 2 N–H and O–H groups in total. The van der Waals surface area contributed by atoms with Crippen molar-refractivity contribution in [2.45, 2.75) is 30.6 Å². The first kappa shape index (κ1) is 16.4. The van der Waals surface area contributed by atoms with Crippen molar-refractivity contribution in [2.24, 2.45) is 5.92 Å². The molecular weight excluding hydrogens is 314 g/mol. The number of carbonyl (C=O) groups excluding carboxylic acids is 1. The van der Waals surface area contributed by atoms with Crippen molar-refractivity contribution in [3.05, 3.63) is 22.4 Å². The molecule has 1 aromatic rings. The number of hydrogen-bond acceptors (Lipinski definition) is 6. The molecule has 1 saturated carbocycles. The van der Waals surface area contributed by atoms with Gasteiger partial charge in [0.2, 0.25) is 10.0 Å². The first-order valence-corrected chi connectivity index (χ1v) is 9.21. The highest BCUT2D eigenvalue weighted by atomic mass is 32.2. The van der Waals surface area contributed by atoms with E-state index in [0.717, 1.165) is 0 Å². The predicted molar refractivity (Wildman–Crippen MR) is 79.3 cm³/mol. The van der Waals surface area contributed by atoms with E-state index in [-0.39, 0.29) is 6.54 Å². The van der Waals surface area contributed by atoms with Gasteiger partial charge in [-0.1, -0.05) is 6.42 Å². The van der Waals surface area contributed by atoms with Crippen molar-refractivity contribution in [1.29, 1.82) is 0 Å². The van der Waals surface area contributed by atoms with E-state index in [2.05, 4.69) is 9.46 Å². The third-order valence-corrected chi connectivity index (χ3v) is 6.39. The second-order valence-corrected chi connectivity index (χ2v) is 7.83. The Hall–Kier alpha value is -0.960. The maximum Gasteiger partial charge on any atom is 0.310 e. The molecule has 3 atom stereocenters. The Morgan fingerprint density at radius 1 is 1.57 bits per heavy atom. The van der Waals surface area contributed by atoms with E-state index in [0.29, 0.717) is 24.8 Å². The Balaban J connectivity index is 1.99. The number of thiophene rings is 1. The largest absolute Gasteiger partial charge is 0.469 e. The van der Waals surface area contributed by atoms with Gasteiger partial charge in [-0.25, -0.2) is 13.1 Å². The lowest BCUT2D eigenvalue weighted by Gasteiger charge is -2.19. The molecule has 1 aromatic heterocycles. The summed E-state index contributed by atoms with van der Waals surface area (Å²) in [5.74, 6) is -1.10. The van der Waals surface area contributed by atoms with Crippen molar-refractivity contribution in [3.8, 4) is 0 Å². The monoisotopic (exact) mass is 333 g/mol. The van der Waals surface area contributed by atoms with Gasteiger partial charge < -0.3 is 9.84 Å². The predicted octanol–water partition coefficient (Wildman–Crippen LogP) is 1.04. The number of aliphatic hydroxyl groups excluding tert-OH is 1. The summed E-state index contributed by atoms with van der Waals surface area (Å²) in [7, 11) is -2.40. The molecule has 0 bridgehead atoms. The fourth-order valence-electron chi connectivity index (χ4n) is 2.60. The van der Waals surface area contributed by atoms with Crippen molar-refractivity contribution in [2.75, 3.05) is 13.7 Å². The van der Waals surface area contributed by atoms with Crippen LogP contribution >= 0.6 is 11.3 Å². The summed E-state index contributed by atoms with van der Waals surface area (Å²) in [5.41, 5.74) is 0.679. The zero-order chi connectivity index (χ0) is 15.5. The topological polar surface area (TPSA) is 92.7 Å². The molecule has 21 heavy (non-hydrogen) atoms. The molecule has 8 heteroatoms. The SMILES string of the molecule is COC(=O)C1CCCC1S(=O)(=O)NCC(O)c1ccsc1. The molecule has 0 radical (unpaired) electrons. The Kier molecular flexibility index (Phi) is 5.37. The Morgan fingerprint density at radius 3 is 2.95 bits per heavy atom. The van der Waals surface area contributed by atoms with E-state index in [9.17, 15) is 18.3 Å². The van der Waals surface area contributed by atoms with Gasteiger partial charge in [0.1, 0.15) is 0 Å². The minimum absolute atomic E-state index is 0.0938. The second-order valence-electron chi connectivity index (χ2n) is 5.06. The van der Waals surface area contributed by atoms with Crippen molar-refractivity contribution >= 4 is 27.3 Å². The zero-order valence-electron chi connectivity index (χ0n) is 11.7. The first-order valence-electron chi connectivity index (χ1n) is 6.72. The number of nitrogens with one attached hydrogen (secondary N) is 1. The summed E-state index contributed by atoms with van der Waals surface area (Å²) in [4.78, 5) is 11.6. The van der Waals surface area contributed by atoms with Gasteiger partial charge in [0.15, 0.2) is 0 Å². The Morgan fingerprint density at radius 2 is 2.33 bits per heavy atom. The summed E-state index contributed by atoms with van der Waals surface area (Å²) in [6.07, 6.45) is 0.747. The minimum atomic E-state index is -3.66. The van der Waals surface area contributed by atoms with Gasteiger partial charge >= 0.3 is 5.97 Å². The lowest BCUT2D eigenvalue weighted by Crippen LogP contribution is -2.40.